The van der Waals surface area contributed by atoms with E-state index in [2.05, 4.69) is 28.4 Å². The second-order valence-electron chi connectivity index (χ2n) is 4.86. The first kappa shape index (κ1) is 11.2. The van der Waals surface area contributed by atoms with Gasteiger partial charge in [-0.3, -0.25) is 4.90 Å². The third-order valence-electron chi connectivity index (χ3n) is 3.79. The fraction of sp³-hybridized carbons (Fsp3) is 0.571. The third kappa shape index (κ3) is 2.51. The second kappa shape index (κ2) is 5.17. The minimum absolute atomic E-state index is 0.897. The van der Waals surface area contributed by atoms with Gasteiger partial charge in [0.15, 0.2) is 0 Å². The summed E-state index contributed by atoms with van der Waals surface area (Å²) in [5.41, 5.74) is 4.56. The van der Waals surface area contributed by atoms with Crippen molar-refractivity contribution in [3.05, 3.63) is 34.9 Å². The first-order valence-electron chi connectivity index (χ1n) is 6.54. The Bertz CT molecular complexity index is 386. The number of rotatable bonds is 3. The fourth-order valence-corrected chi connectivity index (χ4v) is 2.74. The van der Waals surface area contributed by atoms with Crippen LogP contribution in [0.3, 0.4) is 0 Å². The molecule has 0 saturated carbocycles. The van der Waals surface area contributed by atoms with Gasteiger partial charge >= 0.3 is 0 Å². The maximum absolute atomic E-state index is 5.37. The lowest BCUT2D eigenvalue weighted by atomic mass is 10.0. The molecule has 0 aromatic heterocycles. The zero-order chi connectivity index (χ0) is 11.5. The summed E-state index contributed by atoms with van der Waals surface area (Å²) in [5, 5.41) is 3.43. The number of morpholine rings is 1. The topological polar surface area (TPSA) is 24.5 Å². The summed E-state index contributed by atoms with van der Waals surface area (Å²) in [4.78, 5) is 2.51. The quantitative estimate of drug-likeness (QED) is 0.846. The molecular formula is C14H20N2O. The van der Waals surface area contributed by atoms with Crippen LogP contribution >= 0.6 is 0 Å². The van der Waals surface area contributed by atoms with E-state index >= 15 is 0 Å². The molecule has 2 heterocycles. The minimum atomic E-state index is 0.897. The predicted molar refractivity (Wildman–Crippen MR) is 67.9 cm³/mol. The van der Waals surface area contributed by atoms with Gasteiger partial charge in [0.25, 0.3) is 0 Å². The van der Waals surface area contributed by atoms with Gasteiger partial charge in [-0.05, 0) is 23.1 Å². The summed E-state index contributed by atoms with van der Waals surface area (Å²) in [6, 6.07) is 6.72. The highest BCUT2D eigenvalue weighted by Crippen LogP contribution is 2.20. The number of benzene rings is 1. The monoisotopic (exact) mass is 232 g/mol. The van der Waals surface area contributed by atoms with Crippen LogP contribution in [0.1, 0.15) is 16.7 Å². The summed E-state index contributed by atoms with van der Waals surface area (Å²) >= 11 is 0. The van der Waals surface area contributed by atoms with Crippen molar-refractivity contribution in [2.24, 2.45) is 0 Å². The van der Waals surface area contributed by atoms with Crippen LogP contribution in [0.2, 0.25) is 0 Å². The van der Waals surface area contributed by atoms with E-state index in [4.69, 9.17) is 4.74 Å². The van der Waals surface area contributed by atoms with Crippen LogP contribution in [0.15, 0.2) is 18.2 Å². The van der Waals surface area contributed by atoms with Crippen molar-refractivity contribution in [2.75, 3.05) is 32.8 Å². The minimum Gasteiger partial charge on any atom is -0.379 e. The van der Waals surface area contributed by atoms with Crippen molar-refractivity contribution >= 4 is 0 Å². The maximum atomic E-state index is 5.37. The molecule has 0 atom stereocenters. The standard InChI is InChI=1S/C14H20N2O/c1-2-12(14-11-15-10-13(14)3-1)4-5-16-6-8-17-9-7-16/h1-3,15H,4-11H2. The lowest BCUT2D eigenvalue weighted by molar-refractivity contribution is 0.0384. The summed E-state index contributed by atoms with van der Waals surface area (Å²) in [5.74, 6) is 0. The van der Waals surface area contributed by atoms with Gasteiger partial charge in [-0.2, -0.15) is 0 Å². The Morgan fingerprint density at radius 1 is 1.18 bits per heavy atom. The summed E-state index contributed by atoms with van der Waals surface area (Å²) in [7, 11) is 0. The number of fused-ring (bicyclic) bond motifs is 1. The van der Waals surface area contributed by atoms with Gasteiger partial charge in [0.1, 0.15) is 0 Å². The highest BCUT2D eigenvalue weighted by molar-refractivity contribution is 5.37. The molecule has 0 spiro atoms. The molecule has 1 N–H and O–H groups in total. The molecular weight excluding hydrogens is 212 g/mol. The molecule has 0 bridgehead atoms. The second-order valence-corrected chi connectivity index (χ2v) is 4.86. The van der Waals surface area contributed by atoms with Crippen molar-refractivity contribution in [3.63, 3.8) is 0 Å². The first-order valence-corrected chi connectivity index (χ1v) is 6.54. The number of hydrogen-bond donors (Lipinski definition) is 1. The van der Waals surface area contributed by atoms with Crippen molar-refractivity contribution in [2.45, 2.75) is 19.5 Å². The van der Waals surface area contributed by atoms with Crippen LogP contribution < -0.4 is 5.32 Å². The Labute approximate surface area is 103 Å². The summed E-state index contributed by atoms with van der Waals surface area (Å²) in [6.07, 6.45) is 1.17. The van der Waals surface area contributed by atoms with E-state index in [9.17, 15) is 0 Å². The van der Waals surface area contributed by atoms with Crippen molar-refractivity contribution in [1.82, 2.24) is 10.2 Å². The molecule has 2 aliphatic rings. The van der Waals surface area contributed by atoms with Gasteiger partial charge in [-0.1, -0.05) is 18.2 Å². The highest BCUT2D eigenvalue weighted by atomic mass is 16.5. The van der Waals surface area contributed by atoms with Gasteiger partial charge in [-0.25, -0.2) is 0 Å². The number of ether oxygens (including phenoxy) is 1. The molecule has 0 radical (unpaired) electrons. The van der Waals surface area contributed by atoms with E-state index in [1.54, 1.807) is 5.56 Å². The Morgan fingerprint density at radius 2 is 2.06 bits per heavy atom. The van der Waals surface area contributed by atoms with E-state index in [1.165, 1.54) is 24.1 Å². The van der Waals surface area contributed by atoms with Gasteiger partial charge in [0, 0.05) is 32.7 Å². The van der Waals surface area contributed by atoms with Crippen molar-refractivity contribution in [1.29, 1.82) is 0 Å². The van der Waals surface area contributed by atoms with E-state index in [0.717, 1.165) is 39.4 Å². The fourth-order valence-electron chi connectivity index (χ4n) is 2.74. The molecule has 17 heavy (non-hydrogen) atoms. The van der Waals surface area contributed by atoms with Gasteiger partial charge < -0.3 is 10.1 Å². The van der Waals surface area contributed by atoms with Crippen molar-refractivity contribution < 1.29 is 4.74 Å². The molecule has 1 fully saturated rings. The van der Waals surface area contributed by atoms with Crippen LogP contribution in [-0.4, -0.2) is 37.7 Å². The van der Waals surface area contributed by atoms with Crippen LogP contribution in [0.25, 0.3) is 0 Å². The SMILES string of the molecule is c1cc(CCN2CCOCC2)c2c(c1)CNC2. The zero-order valence-electron chi connectivity index (χ0n) is 10.2. The molecule has 92 valence electrons. The highest BCUT2D eigenvalue weighted by Gasteiger charge is 2.15. The maximum Gasteiger partial charge on any atom is 0.0594 e. The molecule has 1 saturated heterocycles. The molecule has 0 amide bonds. The van der Waals surface area contributed by atoms with E-state index in [0.29, 0.717) is 0 Å². The van der Waals surface area contributed by atoms with E-state index in [1.807, 2.05) is 0 Å². The molecule has 1 aromatic carbocycles. The van der Waals surface area contributed by atoms with E-state index < -0.39 is 0 Å². The molecule has 0 unspecified atom stereocenters. The number of nitrogens with one attached hydrogen (secondary N) is 1. The van der Waals surface area contributed by atoms with E-state index in [-0.39, 0.29) is 0 Å². The molecule has 3 rings (SSSR count). The molecule has 3 nitrogen and oxygen atoms in total. The Kier molecular flexibility index (Phi) is 3.41. The Hall–Kier alpha value is -0.900. The predicted octanol–water partition coefficient (Wildman–Crippen LogP) is 1.16. The summed E-state index contributed by atoms with van der Waals surface area (Å²) < 4.78 is 5.37. The Morgan fingerprint density at radius 3 is 2.94 bits per heavy atom. The van der Waals surface area contributed by atoms with Gasteiger partial charge in [-0.15, -0.1) is 0 Å². The molecule has 3 heteroatoms. The summed E-state index contributed by atoms with van der Waals surface area (Å²) in [6.45, 7) is 7.23. The van der Waals surface area contributed by atoms with Crippen LogP contribution in [0, 0.1) is 0 Å². The third-order valence-corrected chi connectivity index (χ3v) is 3.79. The lowest BCUT2D eigenvalue weighted by Crippen LogP contribution is -2.37. The Balaban J connectivity index is 1.63. The van der Waals surface area contributed by atoms with Crippen LogP contribution in [0.4, 0.5) is 0 Å². The first-order chi connectivity index (χ1) is 8.43. The lowest BCUT2D eigenvalue weighted by Gasteiger charge is -2.26. The average molecular weight is 232 g/mol. The van der Waals surface area contributed by atoms with Gasteiger partial charge in [0.2, 0.25) is 0 Å². The smallest absolute Gasteiger partial charge is 0.0594 e. The molecule has 0 aliphatic carbocycles. The van der Waals surface area contributed by atoms with Crippen molar-refractivity contribution in [3.8, 4) is 0 Å². The average Bonchev–Trinajstić information content (AvgIpc) is 2.86. The number of nitrogens with zero attached hydrogens (tertiary/aromatic N) is 1. The zero-order valence-corrected chi connectivity index (χ0v) is 10.2. The molecule has 2 aliphatic heterocycles. The van der Waals surface area contributed by atoms with Crippen LogP contribution in [0.5, 0.6) is 0 Å². The normalized spacial score (nSPS) is 20.5. The molecule has 1 aromatic rings. The van der Waals surface area contributed by atoms with Crippen LogP contribution in [-0.2, 0) is 24.2 Å². The number of hydrogen-bond acceptors (Lipinski definition) is 3. The van der Waals surface area contributed by atoms with Gasteiger partial charge in [0.05, 0.1) is 13.2 Å². The largest absolute Gasteiger partial charge is 0.379 e.